The number of carbonyl (C=O) groups is 1. The van der Waals surface area contributed by atoms with E-state index in [0.717, 1.165) is 10.6 Å². The summed E-state index contributed by atoms with van der Waals surface area (Å²) >= 11 is 7.10. The molecule has 0 unspecified atom stereocenters. The topological polar surface area (TPSA) is 29.1 Å². The zero-order valence-electron chi connectivity index (χ0n) is 6.13. The van der Waals surface area contributed by atoms with Crippen LogP contribution in [-0.4, -0.2) is 11.7 Å². The van der Waals surface area contributed by atoms with Crippen molar-refractivity contribution in [3.63, 3.8) is 0 Å². The molecule has 0 aromatic heterocycles. The first kappa shape index (κ1) is 7.95. The quantitative estimate of drug-likeness (QED) is 0.696. The number of halogens is 1. The molecule has 1 aliphatic heterocycles. The van der Waals surface area contributed by atoms with Crippen LogP contribution in [0.2, 0.25) is 5.02 Å². The van der Waals surface area contributed by atoms with Crippen molar-refractivity contribution < 1.29 is 4.79 Å². The van der Waals surface area contributed by atoms with E-state index in [0.29, 0.717) is 11.6 Å². The minimum atomic E-state index is 0.107. The molecule has 1 heterocycles. The second-order valence-electron chi connectivity index (χ2n) is 2.44. The Morgan fingerprint density at radius 3 is 3.17 bits per heavy atom. The summed E-state index contributed by atoms with van der Waals surface area (Å²) in [4.78, 5) is 11.9. The van der Waals surface area contributed by atoms with E-state index < -0.39 is 0 Å². The van der Waals surface area contributed by atoms with Crippen molar-refractivity contribution in [2.75, 3.05) is 11.9 Å². The van der Waals surface area contributed by atoms with E-state index in [1.54, 1.807) is 6.07 Å². The Balaban J connectivity index is 2.50. The van der Waals surface area contributed by atoms with Gasteiger partial charge < -0.3 is 5.32 Å². The minimum absolute atomic E-state index is 0.107. The molecule has 2 rings (SSSR count). The van der Waals surface area contributed by atoms with E-state index in [2.05, 4.69) is 5.32 Å². The number of benzene rings is 1. The van der Waals surface area contributed by atoms with Crippen molar-refractivity contribution in [2.24, 2.45) is 0 Å². The van der Waals surface area contributed by atoms with Crippen LogP contribution in [0.4, 0.5) is 5.69 Å². The molecule has 0 atom stereocenters. The van der Waals surface area contributed by atoms with Gasteiger partial charge in [0.25, 0.3) is 0 Å². The minimum Gasteiger partial charge on any atom is -0.376 e. The summed E-state index contributed by atoms with van der Waals surface area (Å²) < 4.78 is 0. The predicted molar refractivity (Wildman–Crippen MR) is 50.8 cm³/mol. The van der Waals surface area contributed by atoms with Gasteiger partial charge in [-0.15, -0.1) is 0 Å². The maximum atomic E-state index is 11.0. The summed E-state index contributed by atoms with van der Waals surface area (Å²) in [5, 5.41) is 3.74. The number of hydrogen-bond donors (Lipinski definition) is 1. The SMILES string of the molecule is O=C1CNc2cccc(Cl)c2S1. The second kappa shape index (κ2) is 2.99. The van der Waals surface area contributed by atoms with Crippen LogP contribution in [0, 0.1) is 0 Å². The van der Waals surface area contributed by atoms with Crippen molar-refractivity contribution in [3.8, 4) is 0 Å². The van der Waals surface area contributed by atoms with Crippen LogP contribution < -0.4 is 5.32 Å². The highest BCUT2D eigenvalue weighted by atomic mass is 35.5. The Hall–Kier alpha value is -0.670. The third kappa shape index (κ3) is 1.30. The number of hydrogen-bond acceptors (Lipinski definition) is 3. The molecule has 0 fully saturated rings. The molecule has 12 heavy (non-hydrogen) atoms. The Bertz CT molecular complexity index is 340. The van der Waals surface area contributed by atoms with Crippen LogP contribution in [0.15, 0.2) is 23.1 Å². The van der Waals surface area contributed by atoms with Crippen LogP contribution in [0.3, 0.4) is 0 Å². The van der Waals surface area contributed by atoms with Crippen molar-refractivity contribution in [3.05, 3.63) is 23.2 Å². The number of fused-ring (bicyclic) bond motifs is 1. The van der Waals surface area contributed by atoms with Gasteiger partial charge in [-0.2, -0.15) is 0 Å². The van der Waals surface area contributed by atoms with Gasteiger partial charge >= 0.3 is 0 Å². The van der Waals surface area contributed by atoms with Crippen LogP contribution in [0.1, 0.15) is 0 Å². The van der Waals surface area contributed by atoms with E-state index in [-0.39, 0.29) is 5.12 Å². The smallest absolute Gasteiger partial charge is 0.212 e. The predicted octanol–water partition coefficient (Wildman–Crippen LogP) is 2.38. The van der Waals surface area contributed by atoms with Crippen molar-refractivity contribution in [1.29, 1.82) is 0 Å². The first-order valence-corrected chi connectivity index (χ1v) is 4.70. The lowest BCUT2D eigenvalue weighted by atomic mass is 10.3. The highest BCUT2D eigenvalue weighted by molar-refractivity contribution is 8.14. The Kier molecular flexibility index (Phi) is 1.98. The molecule has 1 aliphatic rings. The van der Waals surface area contributed by atoms with Gasteiger partial charge in [-0.1, -0.05) is 17.7 Å². The molecule has 0 saturated heterocycles. The van der Waals surface area contributed by atoms with Gasteiger partial charge in [0.2, 0.25) is 5.12 Å². The molecule has 2 nitrogen and oxygen atoms in total. The summed E-state index contributed by atoms with van der Waals surface area (Å²) in [6, 6.07) is 5.57. The molecule has 62 valence electrons. The summed E-state index contributed by atoms with van der Waals surface area (Å²) in [5.41, 5.74) is 0.951. The van der Waals surface area contributed by atoms with Crippen molar-refractivity contribution >= 4 is 34.2 Å². The third-order valence-corrected chi connectivity index (χ3v) is 3.05. The first-order chi connectivity index (χ1) is 5.77. The number of rotatable bonds is 0. The molecule has 0 saturated carbocycles. The van der Waals surface area contributed by atoms with Gasteiger partial charge in [-0.3, -0.25) is 4.79 Å². The molecule has 1 aromatic rings. The monoisotopic (exact) mass is 199 g/mol. The fraction of sp³-hybridized carbons (Fsp3) is 0.125. The average molecular weight is 200 g/mol. The van der Waals surface area contributed by atoms with Crippen molar-refractivity contribution in [2.45, 2.75) is 4.90 Å². The van der Waals surface area contributed by atoms with Crippen LogP contribution >= 0.6 is 23.4 Å². The fourth-order valence-corrected chi connectivity index (χ4v) is 2.15. The summed E-state index contributed by atoms with van der Waals surface area (Å²) in [5.74, 6) is 0. The second-order valence-corrected chi connectivity index (χ2v) is 3.92. The summed E-state index contributed by atoms with van der Waals surface area (Å²) in [7, 11) is 0. The van der Waals surface area contributed by atoms with Gasteiger partial charge in [0.1, 0.15) is 0 Å². The number of anilines is 1. The van der Waals surface area contributed by atoms with E-state index in [1.165, 1.54) is 11.8 Å². The van der Waals surface area contributed by atoms with Gasteiger partial charge in [0.05, 0.1) is 22.2 Å². The molecular weight excluding hydrogens is 194 g/mol. The maximum absolute atomic E-state index is 11.0. The van der Waals surface area contributed by atoms with Crippen molar-refractivity contribution in [1.82, 2.24) is 0 Å². The molecule has 0 radical (unpaired) electrons. The lowest BCUT2D eigenvalue weighted by Gasteiger charge is -2.16. The molecule has 0 spiro atoms. The van der Waals surface area contributed by atoms with Crippen LogP contribution in [0.5, 0.6) is 0 Å². The van der Waals surface area contributed by atoms with Crippen LogP contribution in [-0.2, 0) is 4.79 Å². The molecule has 0 aliphatic carbocycles. The molecule has 0 bridgehead atoms. The van der Waals surface area contributed by atoms with Gasteiger partial charge in [0.15, 0.2) is 0 Å². The third-order valence-electron chi connectivity index (χ3n) is 1.61. The van der Waals surface area contributed by atoms with E-state index in [1.807, 2.05) is 12.1 Å². The fourth-order valence-electron chi connectivity index (χ4n) is 1.07. The van der Waals surface area contributed by atoms with E-state index in [9.17, 15) is 4.79 Å². The standard InChI is InChI=1S/C8H6ClNOS/c9-5-2-1-3-6-8(5)12-7(11)4-10-6/h1-3,10H,4H2. The number of carbonyl (C=O) groups excluding carboxylic acids is 1. The molecule has 0 amide bonds. The zero-order chi connectivity index (χ0) is 8.55. The maximum Gasteiger partial charge on any atom is 0.212 e. The number of nitrogens with one attached hydrogen (secondary N) is 1. The van der Waals surface area contributed by atoms with Gasteiger partial charge in [-0.05, 0) is 23.9 Å². The highest BCUT2D eigenvalue weighted by Crippen LogP contribution is 2.37. The average Bonchev–Trinajstić information content (AvgIpc) is 2.07. The summed E-state index contributed by atoms with van der Waals surface area (Å²) in [6.07, 6.45) is 0. The van der Waals surface area contributed by atoms with E-state index in [4.69, 9.17) is 11.6 Å². The molecule has 4 heteroatoms. The normalized spacial score (nSPS) is 15.2. The number of thioether (sulfide) groups is 1. The van der Waals surface area contributed by atoms with Gasteiger partial charge in [-0.25, -0.2) is 0 Å². The van der Waals surface area contributed by atoms with Crippen LogP contribution in [0.25, 0.3) is 0 Å². The van der Waals surface area contributed by atoms with Gasteiger partial charge in [0, 0.05) is 0 Å². The van der Waals surface area contributed by atoms with E-state index >= 15 is 0 Å². The molecule has 1 aromatic carbocycles. The largest absolute Gasteiger partial charge is 0.376 e. The highest BCUT2D eigenvalue weighted by Gasteiger charge is 2.17. The first-order valence-electron chi connectivity index (χ1n) is 3.50. The Labute approximate surface area is 79.3 Å². The lowest BCUT2D eigenvalue weighted by Crippen LogP contribution is -2.15. The zero-order valence-corrected chi connectivity index (χ0v) is 7.71. The Morgan fingerprint density at radius 1 is 1.50 bits per heavy atom. The molecule has 1 N–H and O–H groups in total. The summed E-state index contributed by atoms with van der Waals surface area (Å²) in [6.45, 7) is 0.387. The molecular formula is C8H6ClNOS. The Morgan fingerprint density at radius 2 is 2.33 bits per heavy atom. The lowest BCUT2D eigenvalue weighted by molar-refractivity contribution is -0.109.